The van der Waals surface area contributed by atoms with Crippen LogP contribution in [-0.4, -0.2) is 36.2 Å². The van der Waals surface area contributed by atoms with Gasteiger partial charge < -0.3 is 10.0 Å². The van der Waals surface area contributed by atoms with Gasteiger partial charge in [0, 0.05) is 7.92 Å². The highest BCUT2D eigenvalue weighted by Gasteiger charge is 2.07. The summed E-state index contributed by atoms with van der Waals surface area (Å²) >= 11 is 0. The predicted molar refractivity (Wildman–Crippen MR) is 37.4 cm³/mol. The third kappa shape index (κ3) is 2.33. The molecule has 1 rings (SSSR count). The Bertz CT molecular complexity index is 91.6. The average Bonchev–Trinajstić information content (AvgIpc) is 1.95. The molecule has 0 radical (unpaired) electrons. The second-order valence-electron chi connectivity index (χ2n) is 2.43. The number of nitrogens with zero attached hydrogens (tertiary/aromatic N) is 1. The lowest BCUT2D eigenvalue weighted by Crippen LogP contribution is -2.31. The Hall–Kier alpha value is -0.0800. The SMILES string of the molecule is [2H]C1CCN(CCO)CC1. The van der Waals surface area contributed by atoms with Crippen molar-refractivity contribution in [2.45, 2.75) is 19.2 Å². The number of aliphatic hydroxyl groups excluding tert-OH is 1. The topological polar surface area (TPSA) is 23.5 Å². The van der Waals surface area contributed by atoms with E-state index >= 15 is 0 Å². The van der Waals surface area contributed by atoms with Crippen LogP contribution in [0.2, 0.25) is 0 Å². The Morgan fingerprint density at radius 3 is 2.67 bits per heavy atom. The maximum Gasteiger partial charge on any atom is 0.0558 e. The number of piperidine rings is 1. The molecule has 0 aliphatic carbocycles. The van der Waals surface area contributed by atoms with Crippen LogP contribution in [-0.2, 0) is 0 Å². The van der Waals surface area contributed by atoms with Gasteiger partial charge in [0.25, 0.3) is 0 Å². The van der Waals surface area contributed by atoms with E-state index in [1.807, 2.05) is 0 Å². The number of β-amino-alcohol motifs (C(OH)–C–C–N with tert-alkyl or cyclic N) is 1. The molecule has 1 aliphatic heterocycles. The molecule has 0 spiro atoms. The van der Waals surface area contributed by atoms with Crippen molar-refractivity contribution in [1.82, 2.24) is 4.90 Å². The van der Waals surface area contributed by atoms with E-state index in [2.05, 4.69) is 4.90 Å². The second kappa shape index (κ2) is 3.85. The maximum atomic E-state index is 8.60. The van der Waals surface area contributed by atoms with Crippen molar-refractivity contribution in [3.63, 3.8) is 0 Å². The lowest BCUT2D eigenvalue weighted by Gasteiger charge is -2.25. The minimum absolute atomic E-state index is 0.148. The van der Waals surface area contributed by atoms with E-state index in [1.54, 1.807) is 0 Å². The summed E-state index contributed by atoms with van der Waals surface area (Å²) in [6.07, 6.45) is 2.09. The second-order valence-corrected chi connectivity index (χ2v) is 2.43. The summed E-state index contributed by atoms with van der Waals surface area (Å²) in [6, 6.07) is 0. The highest BCUT2D eigenvalue weighted by molar-refractivity contribution is 4.62. The number of rotatable bonds is 2. The molecular weight excluding hydrogens is 114 g/mol. The van der Waals surface area contributed by atoms with Crippen LogP contribution in [0, 0.1) is 0 Å². The zero-order valence-electron chi connectivity index (χ0n) is 6.71. The van der Waals surface area contributed by atoms with Crippen molar-refractivity contribution in [2.24, 2.45) is 0 Å². The van der Waals surface area contributed by atoms with Crippen molar-refractivity contribution in [2.75, 3.05) is 26.2 Å². The minimum Gasteiger partial charge on any atom is -0.395 e. The summed E-state index contributed by atoms with van der Waals surface area (Å²) < 4.78 is 7.40. The van der Waals surface area contributed by atoms with Gasteiger partial charge in [-0.15, -0.1) is 0 Å². The molecule has 0 amide bonds. The first-order chi connectivity index (χ1) is 4.83. The lowest BCUT2D eigenvalue weighted by atomic mass is 10.1. The fourth-order valence-electron chi connectivity index (χ4n) is 1.17. The molecule has 1 aliphatic rings. The van der Waals surface area contributed by atoms with Gasteiger partial charge in [0.05, 0.1) is 6.61 Å². The van der Waals surface area contributed by atoms with E-state index in [9.17, 15) is 0 Å². The van der Waals surface area contributed by atoms with Crippen LogP contribution in [0.25, 0.3) is 0 Å². The summed E-state index contributed by atoms with van der Waals surface area (Å²) in [5.74, 6) is 0. The van der Waals surface area contributed by atoms with Crippen LogP contribution in [0.5, 0.6) is 0 Å². The van der Waals surface area contributed by atoms with E-state index in [4.69, 9.17) is 6.48 Å². The Morgan fingerprint density at radius 1 is 1.44 bits per heavy atom. The van der Waals surface area contributed by atoms with Gasteiger partial charge in [0.1, 0.15) is 0 Å². The third-order valence-electron chi connectivity index (χ3n) is 1.72. The standard InChI is InChI=1S/C7H15NO/c9-7-6-8-4-2-1-3-5-8/h9H,1-7H2/i1D. The van der Waals surface area contributed by atoms with Gasteiger partial charge in [-0.2, -0.15) is 0 Å². The van der Waals surface area contributed by atoms with Gasteiger partial charge in [-0.1, -0.05) is 6.40 Å². The lowest BCUT2D eigenvalue weighted by molar-refractivity contribution is 0.173. The fourth-order valence-corrected chi connectivity index (χ4v) is 1.17. The maximum absolute atomic E-state index is 8.60. The quantitative estimate of drug-likeness (QED) is 0.587. The van der Waals surface area contributed by atoms with Crippen LogP contribution in [0.3, 0.4) is 0 Å². The van der Waals surface area contributed by atoms with Crippen molar-refractivity contribution < 1.29 is 6.48 Å². The Balaban J connectivity index is 2.13. The molecule has 0 unspecified atom stereocenters. The monoisotopic (exact) mass is 130 g/mol. The highest BCUT2D eigenvalue weighted by Crippen LogP contribution is 2.06. The largest absolute Gasteiger partial charge is 0.395 e. The van der Waals surface area contributed by atoms with Gasteiger partial charge in [0.15, 0.2) is 0 Å². The van der Waals surface area contributed by atoms with E-state index in [1.165, 1.54) is 0 Å². The first-order valence-electron chi connectivity index (χ1n) is 4.16. The molecule has 0 saturated carbocycles. The Labute approximate surface area is 57.9 Å². The van der Waals surface area contributed by atoms with E-state index < -0.39 is 0 Å². The molecular formula is C7H15NO. The first-order valence-corrected chi connectivity index (χ1v) is 3.58. The van der Waals surface area contributed by atoms with Crippen LogP contribution < -0.4 is 0 Å². The van der Waals surface area contributed by atoms with Gasteiger partial charge in [-0.25, -0.2) is 0 Å². The molecule has 0 atom stereocenters. The molecule has 1 fully saturated rings. The molecule has 2 nitrogen and oxygen atoms in total. The van der Waals surface area contributed by atoms with Gasteiger partial charge in [-0.05, 0) is 25.9 Å². The number of hydrogen-bond acceptors (Lipinski definition) is 2. The van der Waals surface area contributed by atoms with Gasteiger partial charge in [0.2, 0.25) is 0 Å². The molecule has 0 aromatic carbocycles. The van der Waals surface area contributed by atoms with Gasteiger partial charge in [-0.3, -0.25) is 0 Å². The molecule has 0 aromatic heterocycles. The molecule has 9 heavy (non-hydrogen) atoms. The average molecular weight is 130 g/mol. The Morgan fingerprint density at radius 2 is 2.11 bits per heavy atom. The molecule has 1 heterocycles. The summed E-state index contributed by atoms with van der Waals surface area (Å²) in [5.41, 5.74) is 0. The van der Waals surface area contributed by atoms with Crippen molar-refractivity contribution in [3.05, 3.63) is 0 Å². The van der Waals surface area contributed by atoms with Gasteiger partial charge >= 0.3 is 0 Å². The molecule has 1 saturated heterocycles. The molecule has 54 valence electrons. The Kier molecular flexibility index (Phi) is 2.43. The third-order valence-corrected chi connectivity index (χ3v) is 1.72. The molecule has 1 N–H and O–H groups in total. The summed E-state index contributed by atoms with van der Waals surface area (Å²) in [4.78, 5) is 2.21. The predicted octanol–water partition coefficient (Wildman–Crippen LogP) is 0.465. The summed E-state index contributed by atoms with van der Waals surface area (Å²) in [7, 11) is 0. The van der Waals surface area contributed by atoms with E-state index in [0.29, 0.717) is 0 Å². The number of hydrogen-bond donors (Lipinski definition) is 1. The highest BCUT2D eigenvalue weighted by atomic mass is 16.3. The van der Waals surface area contributed by atoms with Crippen LogP contribution in [0.1, 0.15) is 20.6 Å². The van der Waals surface area contributed by atoms with E-state index in [-0.39, 0.29) is 13.0 Å². The van der Waals surface area contributed by atoms with Crippen molar-refractivity contribution in [3.8, 4) is 0 Å². The minimum atomic E-state index is 0.148. The fraction of sp³-hybridized carbons (Fsp3) is 1.00. The summed E-state index contributed by atoms with van der Waals surface area (Å²) in [6.45, 7) is 3.03. The number of likely N-dealkylation sites (tertiary alicyclic amines) is 1. The zero-order valence-corrected chi connectivity index (χ0v) is 5.71. The summed E-state index contributed by atoms with van der Waals surface area (Å²) in [5, 5.41) is 8.60. The zero-order chi connectivity index (χ0) is 7.40. The van der Waals surface area contributed by atoms with Crippen LogP contribution in [0.15, 0.2) is 0 Å². The molecule has 0 bridgehead atoms. The van der Waals surface area contributed by atoms with Crippen LogP contribution >= 0.6 is 0 Å². The van der Waals surface area contributed by atoms with Crippen molar-refractivity contribution >= 4 is 0 Å². The van der Waals surface area contributed by atoms with Crippen LogP contribution in [0.4, 0.5) is 0 Å². The number of aliphatic hydroxyl groups is 1. The normalized spacial score (nSPS) is 26.1. The first kappa shape index (κ1) is 5.69. The smallest absolute Gasteiger partial charge is 0.0558 e. The van der Waals surface area contributed by atoms with E-state index in [0.717, 1.165) is 32.5 Å². The molecule has 2 heteroatoms. The molecule has 0 aromatic rings. The van der Waals surface area contributed by atoms with Crippen molar-refractivity contribution in [1.29, 1.82) is 0 Å².